The van der Waals surface area contributed by atoms with Gasteiger partial charge in [0.1, 0.15) is 17.9 Å². The maximum Gasteiger partial charge on any atom is 0.246 e. The Hall–Kier alpha value is -2.68. The summed E-state index contributed by atoms with van der Waals surface area (Å²) in [4.78, 5) is 43.5. The van der Waals surface area contributed by atoms with Crippen LogP contribution in [0.3, 0.4) is 0 Å². The number of fused-ring (bicyclic) bond motifs is 2. The van der Waals surface area contributed by atoms with Crippen molar-refractivity contribution >= 4 is 23.4 Å². The molecule has 3 amide bonds. The van der Waals surface area contributed by atoms with Crippen molar-refractivity contribution in [2.75, 3.05) is 38.5 Å². The van der Waals surface area contributed by atoms with E-state index in [0.29, 0.717) is 25.1 Å². The van der Waals surface area contributed by atoms with Crippen LogP contribution in [0.5, 0.6) is 0 Å². The number of likely N-dealkylation sites (N-methyl/N-ethyl adjacent to an activating group) is 1. The molecule has 9 heteroatoms. The summed E-state index contributed by atoms with van der Waals surface area (Å²) in [6.07, 6.45) is 4.12. The van der Waals surface area contributed by atoms with Crippen molar-refractivity contribution in [2.45, 2.75) is 63.2 Å². The Morgan fingerprint density at radius 1 is 1.21 bits per heavy atom. The molecule has 3 fully saturated rings. The second-order valence-corrected chi connectivity index (χ2v) is 9.94. The largest absolute Gasteiger partial charge is 0.373 e. The summed E-state index contributed by atoms with van der Waals surface area (Å²) >= 11 is 0. The van der Waals surface area contributed by atoms with Crippen molar-refractivity contribution in [3.05, 3.63) is 29.1 Å². The number of amides is 3. The molecule has 0 aromatic heterocycles. The highest BCUT2D eigenvalue weighted by molar-refractivity contribution is 5.95. The molecular weight excluding hydrogens is 425 g/mol. The summed E-state index contributed by atoms with van der Waals surface area (Å²) < 4.78 is 14.2. The number of nitrogens with zero attached hydrogens (tertiary/aromatic N) is 3. The quantitative estimate of drug-likeness (QED) is 0.704. The minimum Gasteiger partial charge on any atom is -0.373 e. The summed E-state index contributed by atoms with van der Waals surface area (Å²) in [6.45, 7) is 3.96. The van der Waals surface area contributed by atoms with Crippen LogP contribution in [0.4, 0.5) is 10.1 Å². The van der Waals surface area contributed by atoms with Crippen molar-refractivity contribution in [1.29, 1.82) is 0 Å². The number of halogens is 1. The zero-order chi connectivity index (χ0) is 23.3. The highest BCUT2D eigenvalue weighted by Gasteiger charge is 2.43. The minimum absolute atomic E-state index is 0.00867. The number of nitrogens with one attached hydrogen (secondary N) is 2. The molecule has 4 atom stereocenters. The van der Waals surface area contributed by atoms with Gasteiger partial charge in [0.15, 0.2) is 0 Å². The smallest absolute Gasteiger partial charge is 0.246 e. The number of piperazine rings is 2. The van der Waals surface area contributed by atoms with Crippen LogP contribution < -0.4 is 10.6 Å². The van der Waals surface area contributed by atoms with Crippen LogP contribution in [-0.4, -0.2) is 89.8 Å². The zero-order valence-corrected chi connectivity index (χ0v) is 19.3. The monoisotopic (exact) mass is 457 g/mol. The third kappa shape index (κ3) is 4.07. The Balaban J connectivity index is 1.19. The van der Waals surface area contributed by atoms with Gasteiger partial charge in [-0.2, -0.15) is 0 Å². The van der Waals surface area contributed by atoms with Crippen molar-refractivity contribution < 1.29 is 18.8 Å². The third-order valence-corrected chi connectivity index (χ3v) is 7.78. The molecule has 4 aliphatic rings. The Morgan fingerprint density at radius 2 is 2.03 bits per heavy atom. The van der Waals surface area contributed by atoms with Crippen LogP contribution in [0.2, 0.25) is 0 Å². The number of carbonyl (C=O) groups is 3. The van der Waals surface area contributed by atoms with Gasteiger partial charge in [0.25, 0.3) is 0 Å². The van der Waals surface area contributed by atoms with Crippen LogP contribution >= 0.6 is 0 Å². The molecular formula is C24H32FN5O3. The van der Waals surface area contributed by atoms with Crippen LogP contribution in [0.15, 0.2) is 12.1 Å². The molecule has 2 saturated heterocycles. The second-order valence-electron chi connectivity index (χ2n) is 9.94. The summed E-state index contributed by atoms with van der Waals surface area (Å²) in [7, 11) is 1.69. The number of aryl methyl sites for hydroxylation is 1. The average molecular weight is 458 g/mol. The minimum atomic E-state index is -0.457. The molecule has 178 valence electrons. The topological polar surface area (TPSA) is 85.0 Å². The predicted octanol–water partition coefficient (Wildman–Crippen LogP) is 0.883. The molecule has 3 aliphatic heterocycles. The number of benzene rings is 1. The van der Waals surface area contributed by atoms with E-state index in [2.05, 4.69) is 15.5 Å². The summed E-state index contributed by atoms with van der Waals surface area (Å²) in [5, 5.41) is 6.40. The first-order chi connectivity index (χ1) is 15.8. The molecule has 8 nitrogen and oxygen atoms in total. The van der Waals surface area contributed by atoms with E-state index in [-0.39, 0.29) is 42.2 Å². The fourth-order valence-corrected chi connectivity index (χ4v) is 5.93. The maximum atomic E-state index is 14.2. The molecule has 3 heterocycles. The van der Waals surface area contributed by atoms with E-state index in [9.17, 15) is 18.8 Å². The molecule has 33 heavy (non-hydrogen) atoms. The van der Waals surface area contributed by atoms with E-state index < -0.39 is 12.1 Å². The Labute approximate surface area is 193 Å². The van der Waals surface area contributed by atoms with Gasteiger partial charge < -0.3 is 20.4 Å². The van der Waals surface area contributed by atoms with Gasteiger partial charge in [0.05, 0.1) is 6.54 Å². The number of carbonyl (C=O) groups excluding carboxylic acids is 3. The molecule has 0 spiro atoms. The summed E-state index contributed by atoms with van der Waals surface area (Å²) in [6, 6.07) is 2.66. The van der Waals surface area contributed by atoms with Gasteiger partial charge in [-0.3, -0.25) is 19.3 Å². The van der Waals surface area contributed by atoms with Crippen molar-refractivity contribution in [2.24, 2.45) is 0 Å². The van der Waals surface area contributed by atoms with E-state index in [1.54, 1.807) is 18.0 Å². The van der Waals surface area contributed by atoms with Gasteiger partial charge in [-0.05, 0) is 44.2 Å². The molecule has 1 saturated carbocycles. The molecule has 1 aromatic rings. The fourth-order valence-electron chi connectivity index (χ4n) is 5.93. The number of anilines is 1. The second kappa shape index (κ2) is 8.59. The molecule has 5 rings (SSSR count). The lowest BCUT2D eigenvalue weighted by atomic mass is 9.88. The zero-order valence-electron chi connectivity index (χ0n) is 19.3. The van der Waals surface area contributed by atoms with Gasteiger partial charge >= 0.3 is 0 Å². The molecule has 0 bridgehead atoms. The SMILES string of the molecule is Cc1ccc(F)c2c1NC(C(=O)N[C@@H]1CCC[C@H](N3CCN4C(=O)CN(C)C(=O)[C@@H]4C3)C1)C2. The Bertz CT molecular complexity index is 954. The van der Waals surface area contributed by atoms with E-state index in [1.165, 1.54) is 11.0 Å². The van der Waals surface area contributed by atoms with Gasteiger partial charge in [-0.1, -0.05) is 6.07 Å². The average Bonchev–Trinajstić information content (AvgIpc) is 3.27. The van der Waals surface area contributed by atoms with E-state index in [1.807, 2.05) is 6.92 Å². The Kier molecular flexibility index (Phi) is 5.76. The molecule has 0 radical (unpaired) electrons. The number of hydrogen-bond acceptors (Lipinski definition) is 5. The highest BCUT2D eigenvalue weighted by Crippen LogP contribution is 2.32. The first-order valence-corrected chi connectivity index (χ1v) is 11.9. The third-order valence-electron chi connectivity index (χ3n) is 7.78. The lowest BCUT2D eigenvalue weighted by Gasteiger charge is -2.48. The summed E-state index contributed by atoms with van der Waals surface area (Å²) in [5.41, 5.74) is 2.28. The number of rotatable bonds is 3. The van der Waals surface area contributed by atoms with E-state index in [4.69, 9.17) is 0 Å². The molecule has 2 N–H and O–H groups in total. The van der Waals surface area contributed by atoms with Crippen LogP contribution in [-0.2, 0) is 20.8 Å². The normalized spacial score (nSPS) is 30.0. The lowest BCUT2D eigenvalue weighted by molar-refractivity contribution is -0.159. The van der Waals surface area contributed by atoms with Crippen molar-refractivity contribution in [3.63, 3.8) is 0 Å². The van der Waals surface area contributed by atoms with Crippen LogP contribution in [0.1, 0.15) is 36.8 Å². The molecule has 1 aliphatic carbocycles. The van der Waals surface area contributed by atoms with E-state index >= 15 is 0 Å². The van der Waals surface area contributed by atoms with Crippen LogP contribution in [0.25, 0.3) is 0 Å². The number of hydrogen-bond donors (Lipinski definition) is 2. The highest BCUT2D eigenvalue weighted by atomic mass is 19.1. The van der Waals surface area contributed by atoms with Crippen LogP contribution in [0, 0.1) is 12.7 Å². The van der Waals surface area contributed by atoms with Crippen molar-refractivity contribution in [3.8, 4) is 0 Å². The lowest BCUT2D eigenvalue weighted by Crippen LogP contribution is -2.67. The van der Waals surface area contributed by atoms with Gasteiger partial charge in [-0.25, -0.2) is 4.39 Å². The first-order valence-electron chi connectivity index (χ1n) is 11.9. The molecule has 1 aromatic carbocycles. The van der Waals surface area contributed by atoms with Gasteiger partial charge in [-0.15, -0.1) is 0 Å². The first kappa shape index (κ1) is 22.1. The standard InChI is InChI=1S/C24H32FN5O3/c1-14-6-7-18(25)17-11-19(27-22(14)17)23(32)26-15-4-3-5-16(10-15)29-8-9-30-20(12-29)24(33)28(2)13-21(30)31/h6-7,15-16,19-20,27H,3-5,8-13H2,1-2H3,(H,26,32)/t15-,16+,19?,20+/m1/s1. The maximum absolute atomic E-state index is 14.2. The van der Waals surface area contributed by atoms with Crippen molar-refractivity contribution in [1.82, 2.24) is 20.0 Å². The van der Waals surface area contributed by atoms with Gasteiger partial charge in [0, 0.05) is 56.4 Å². The fraction of sp³-hybridized carbons (Fsp3) is 0.625. The molecule has 1 unspecified atom stereocenters. The predicted molar refractivity (Wildman–Crippen MR) is 121 cm³/mol. The van der Waals surface area contributed by atoms with E-state index in [0.717, 1.165) is 43.5 Å². The Morgan fingerprint density at radius 3 is 2.82 bits per heavy atom. The summed E-state index contributed by atoms with van der Waals surface area (Å²) in [5.74, 6) is -0.326. The van der Waals surface area contributed by atoms with Gasteiger partial charge in [0.2, 0.25) is 17.7 Å².